The molecule has 1 heteroatoms. The van der Waals surface area contributed by atoms with Crippen molar-refractivity contribution in [3.8, 4) is 12.3 Å². The van der Waals surface area contributed by atoms with Crippen molar-refractivity contribution in [1.82, 2.24) is 0 Å². The van der Waals surface area contributed by atoms with Crippen LogP contribution in [0.15, 0.2) is 23.3 Å². The zero-order chi connectivity index (χ0) is 10.3. The van der Waals surface area contributed by atoms with Crippen molar-refractivity contribution in [3.63, 3.8) is 0 Å². The summed E-state index contributed by atoms with van der Waals surface area (Å²) in [7, 11) is 0. The third-order valence-electron chi connectivity index (χ3n) is 1.70. The molecule has 13 heavy (non-hydrogen) atoms. The van der Waals surface area contributed by atoms with Gasteiger partial charge in [0.1, 0.15) is 6.10 Å². The topological polar surface area (TPSA) is 20.2 Å². The Bertz CT molecular complexity index is 236. The zero-order valence-electron chi connectivity index (χ0n) is 8.67. The van der Waals surface area contributed by atoms with Gasteiger partial charge in [0.2, 0.25) is 0 Å². The molecule has 0 radical (unpaired) electrons. The minimum Gasteiger partial charge on any atom is -0.377 e. The van der Waals surface area contributed by atoms with Gasteiger partial charge in [0, 0.05) is 0 Å². The summed E-state index contributed by atoms with van der Waals surface area (Å²) in [6, 6.07) is 0. The minimum absolute atomic E-state index is 0.730. The number of aliphatic hydroxyl groups is 1. The highest BCUT2D eigenvalue weighted by molar-refractivity contribution is 5.12. The average molecular weight is 178 g/mol. The molecule has 0 fully saturated rings. The first-order chi connectivity index (χ1) is 6.06. The Balaban J connectivity index is 3.88. The van der Waals surface area contributed by atoms with Crippen LogP contribution in [0.25, 0.3) is 0 Å². The molecular weight excluding hydrogens is 160 g/mol. The van der Waals surface area contributed by atoms with Crippen LogP contribution in [-0.4, -0.2) is 11.2 Å². The first kappa shape index (κ1) is 12.0. The van der Waals surface area contributed by atoms with E-state index in [1.54, 1.807) is 6.08 Å². The molecule has 0 aromatic heterocycles. The second-order valence-corrected chi connectivity index (χ2v) is 3.44. The lowest BCUT2D eigenvalue weighted by Crippen LogP contribution is -1.97. The quantitative estimate of drug-likeness (QED) is 0.518. The number of aliphatic hydroxyl groups excluding tert-OH is 1. The molecule has 0 aliphatic rings. The van der Waals surface area contributed by atoms with Gasteiger partial charge in [-0.25, -0.2) is 0 Å². The van der Waals surface area contributed by atoms with Crippen LogP contribution in [0.1, 0.15) is 33.6 Å². The molecule has 1 atom stereocenters. The second kappa shape index (κ2) is 6.51. The number of hydrogen-bond donors (Lipinski definition) is 1. The number of rotatable bonds is 4. The van der Waals surface area contributed by atoms with Crippen molar-refractivity contribution in [2.45, 2.75) is 39.7 Å². The molecule has 1 N–H and O–H groups in total. The standard InChI is InChI=1S/C12H18O/c1-5-12(13)9-11(4)8-6-7-10(2)3/h1,7,9,12-13H,6,8H2,2-4H3/b11-9+. The minimum atomic E-state index is -0.730. The molecule has 0 aromatic carbocycles. The normalized spacial score (nSPS) is 13.3. The van der Waals surface area contributed by atoms with Crippen LogP contribution in [0.3, 0.4) is 0 Å². The summed E-state index contributed by atoms with van der Waals surface area (Å²) in [5.74, 6) is 2.26. The Morgan fingerprint density at radius 1 is 1.46 bits per heavy atom. The smallest absolute Gasteiger partial charge is 0.133 e. The lowest BCUT2D eigenvalue weighted by molar-refractivity contribution is 0.279. The van der Waals surface area contributed by atoms with Gasteiger partial charge in [-0.3, -0.25) is 0 Å². The molecule has 0 aromatic rings. The Labute approximate surface area is 81.2 Å². The Morgan fingerprint density at radius 3 is 2.54 bits per heavy atom. The molecule has 1 unspecified atom stereocenters. The maximum atomic E-state index is 9.11. The summed E-state index contributed by atoms with van der Waals surface area (Å²) in [5, 5.41) is 9.11. The van der Waals surface area contributed by atoms with E-state index in [1.165, 1.54) is 5.57 Å². The molecule has 0 spiro atoms. The molecule has 0 heterocycles. The Kier molecular flexibility index (Phi) is 6.01. The summed E-state index contributed by atoms with van der Waals surface area (Å²) < 4.78 is 0. The van der Waals surface area contributed by atoms with Crippen molar-refractivity contribution in [3.05, 3.63) is 23.3 Å². The van der Waals surface area contributed by atoms with Crippen molar-refractivity contribution >= 4 is 0 Å². The van der Waals surface area contributed by atoms with Gasteiger partial charge in [0.05, 0.1) is 0 Å². The monoisotopic (exact) mass is 178 g/mol. The van der Waals surface area contributed by atoms with Gasteiger partial charge in [-0.05, 0) is 39.7 Å². The van der Waals surface area contributed by atoms with Gasteiger partial charge in [0.15, 0.2) is 0 Å². The van der Waals surface area contributed by atoms with Gasteiger partial charge < -0.3 is 5.11 Å². The van der Waals surface area contributed by atoms with E-state index in [4.69, 9.17) is 11.5 Å². The van der Waals surface area contributed by atoms with Crippen LogP contribution >= 0.6 is 0 Å². The van der Waals surface area contributed by atoms with E-state index in [0.29, 0.717) is 0 Å². The van der Waals surface area contributed by atoms with Gasteiger partial charge in [-0.15, -0.1) is 6.42 Å². The lowest BCUT2D eigenvalue weighted by Gasteiger charge is -2.00. The van der Waals surface area contributed by atoms with E-state index >= 15 is 0 Å². The number of allylic oxidation sites excluding steroid dienone is 3. The van der Waals surface area contributed by atoms with Gasteiger partial charge >= 0.3 is 0 Å². The van der Waals surface area contributed by atoms with Crippen LogP contribution in [0.5, 0.6) is 0 Å². The van der Waals surface area contributed by atoms with Crippen LogP contribution in [0.4, 0.5) is 0 Å². The van der Waals surface area contributed by atoms with Crippen molar-refractivity contribution in [2.75, 3.05) is 0 Å². The molecule has 0 amide bonds. The maximum Gasteiger partial charge on any atom is 0.133 e. The average Bonchev–Trinajstić information content (AvgIpc) is 2.03. The van der Waals surface area contributed by atoms with E-state index in [9.17, 15) is 0 Å². The fraction of sp³-hybridized carbons (Fsp3) is 0.500. The third kappa shape index (κ3) is 7.36. The molecule has 0 aliphatic carbocycles. The summed E-state index contributed by atoms with van der Waals surface area (Å²) in [6.45, 7) is 6.14. The predicted octanol–water partition coefficient (Wildman–Crippen LogP) is 2.67. The van der Waals surface area contributed by atoms with E-state index in [1.807, 2.05) is 6.92 Å². The van der Waals surface area contributed by atoms with Crippen LogP contribution in [0, 0.1) is 12.3 Å². The molecule has 72 valence electrons. The third-order valence-corrected chi connectivity index (χ3v) is 1.70. The zero-order valence-corrected chi connectivity index (χ0v) is 8.67. The van der Waals surface area contributed by atoms with Crippen LogP contribution < -0.4 is 0 Å². The summed E-state index contributed by atoms with van der Waals surface area (Å²) in [5.41, 5.74) is 2.47. The van der Waals surface area contributed by atoms with Crippen molar-refractivity contribution in [1.29, 1.82) is 0 Å². The maximum absolute atomic E-state index is 9.11. The molecular formula is C12H18O. The van der Waals surface area contributed by atoms with E-state index in [2.05, 4.69) is 25.8 Å². The number of terminal acetylenes is 1. The molecule has 0 rings (SSSR count). The molecule has 0 saturated heterocycles. The van der Waals surface area contributed by atoms with Gasteiger partial charge in [0.25, 0.3) is 0 Å². The molecule has 0 aliphatic heterocycles. The first-order valence-electron chi connectivity index (χ1n) is 4.51. The second-order valence-electron chi connectivity index (χ2n) is 3.44. The SMILES string of the molecule is C#CC(O)/C=C(\C)CCC=C(C)C. The van der Waals surface area contributed by atoms with Crippen molar-refractivity contribution < 1.29 is 5.11 Å². The fourth-order valence-corrected chi connectivity index (χ4v) is 0.989. The molecule has 0 bridgehead atoms. The lowest BCUT2D eigenvalue weighted by atomic mass is 10.1. The van der Waals surface area contributed by atoms with Gasteiger partial charge in [-0.2, -0.15) is 0 Å². The molecule has 0 saturated carbocycles. The van der Waals surface area contributed by atoms with E-state index in [0.717, 1.165) is 18.4 Å². The van der Waals surface area contributed by atoms with E-state index < -0.39 is 6.10 Å². The van der Waals surface area contributed by atoms with Crippen LogP contribution in [-0.2, 0) is 0 Å². The summed E-state index contributed by atoms with van der Waals surface area (Å²) >= 11 is 0. The number of hydrogen-bond acceptors (Lipinski definition) is 1. The largest absolute Gasteiger partial charge is 0.377 e. The van der Waals surface area contributed by atoms with E-state index in [-0.39, 0.29) is 0 Å². The highest BCUT2D eigenvalue weighted by Gasteiger charge is 1.94. The molecule has 1 nitrogen and oxygen atoms in total. The van der Waals surface area contributed by atoms with Gasteiger partial charge in [-0.1, -0.05) is 23.1 Å². The first-order valence-corrected chi connectivity index (χ1v) is 4.51. The summed E-state index contributed by atoms with van der Waals surface area (Å²) in [4.78, 5) is 0. The highest BCUT2D eigenvalue weighted by atomic mass is 16.3. The van der Waals surface area contributed by atoms with Crippen molar-refractivity contribution in [2.24, 2.45) is 0 Å². The van der Waals surface area contributed by atoms with Crippen LogP contribution in [0.2, 0.25) is 0 Å². The highest BCUT2D eigenvalue weighted by Crippen LogP contribution is 2.07. The fourth-order valence-electron chi connectivity index (χ4n) is 0.989. The summed E-state index contributed by atoms with van der Waals surface area (Å²) in [6.07, 6.45) is 10.2. The Morgan fingerprint density at radius 2 is 2.08 bits per heavy atom. The Hall–Kier alpha value is -1.00. The predicted molar refractivity (Wildman–Crippen MR) is 57.3 cm³/mol.